The molecule has 0 radical (unpaired) electrons. The number of imidazole rings is 1. The van der Waals surface area contributed by atoms with Gasteiger partial charge in [-0.15, -0.1) is 12.4 Å². The van der Waals surface area contributed by atoms with Crippen molar-refractivity contribution in [3.05, 3.63) is 64.6 Å². The zero-order valence-corrected chi connectivity index (χ0v) is 12.0. The molecule has 0 saturated carbocycles. The van der Waals surface area contributed by atoms with E-state index in [4.69, 9.17) is 0 Å². The van der Waals surface area contributed by atoms with Crippen LogP contribution in [0.3, 0.4) is 0 Å². The molecule has 3 aromatic rings. The van der Waals surface area contributed by atoms with Crippen molar-refractivity contribution in [1.82, 2.24) is 9.97 Å². The molecule has 106 valence electrons. The van der Waals surface area contributed by atoms with E-state index in [1.807, 2.05) is 48.5 Å². The summed E-state index contributed by atoms with van der Waals surface area (Å²) >= 11 is 0. The minimum atomic E-state index is -0.194. The fourth-order valence-corrected chi connectivity index (χ4v) is 1.96. The minimum Gasteiger partial charge on any atom is -0.374 e. The average molecular weight is 300 g/mol. The summed E-state index contributed by atoms with van der Waals surface area (Å²) in [6, 6.07) is 15.5. The molecule has 0 aliphatic rings. The molecule has 2 aromatic carbocycles. The van der Waals surface area contributed by atoms with Crippen LogP contribution in [-0.4, -0.2) is 16.5 Å². The van der Waals surface area contributed by atoms with Crippen molar-refractivity contribution in [2.24, 2.45) is 0 Å². The first-order chi connectivity index (χ1) is 9.81. The lowest BCUT2D eigenvalue weighted by atomic mass is 10.2. The number of aromatic amines is 2. The van der Waals surface area contributed by atoms with Gasteiger partial charge in [-0.3, -0.25) is 0 Å². The first-order valence-electron chi connectivity index (χ1n) is 6.31. The van der Waals surface area contributed by atoms with Crippen LogP contribution in [-0.2, 0) is 0 Å². The fraction of sp³-hybridized carbons (Fsp3) is 0.0625. The quantitative estimate of drug-likeness (QED) is 0.637. The number of rotatable bonds is 2. The molecule has 0 bridgehead atoms. The molecule has 3 N–H and O–H groups in total. The third-order valence-corrected chi connectivity index (χ3v) is 2.90. The molecule has 4 nitrogen and oxygen atoms in total. The second-order valence-corrected chi connectivity index (χ2v) is 4.36. The largest absolute Gasteiger partial charge is 0.374 e. The van der Waals surface area contributed by atoms with Gasteiger partial charge < -0.3 is 15.3 Å². The van der Waals surface area contributed by atoms with Crippen molar-refractivity contribution < 1.29 is 0 Å². The number of hydrogen-bond donors (Lipinski definition) is 3. The summed E-state index contributed by atoms with van der Waals surface area (Å²) in [5, 5.41) is 3.21. The highest BCUT2D eigenvalue weighted by Crippen LogP contribution is 2.13. The molecular weight excluding hydrogens is 286 g/mol. The summed E-state index contributed by atoms with van der Waals surface area (Å²) in [6.45, 7) is 0.551. The molecular formula is C16H14ClN3O. The Balaban J connectivity index is 0.00000161. The van der Waals surface area contributed by atoms with Crippen molar-refractivity contribution in [1.29, 1.82) is 0 Å². The number of hydrogen-bond acceptors (Lipinski definition) is 2. The monoisotopic (exact) mass is 299 g/mol. The Morgan fingerprint density at radius 2 is 1.76 bits per heavy atom. The Kier molecular flexibility index (Phi) is 4.70. The van der Waals surface area contributed by atoms with Crippen molar-refractivity contribution in [2.75, 3.05) is 11.9 Å². The number of nitrogens with one attached hydrogen (secondary N) is 3. The number of aromatic nitrogens is 2. The van der Waals surface area contributed by atoms with Crippen LogP contribution in [0.25, 0.3) is 11.0 Å². The maximum absolute atomic E-state index is 11.2. The second-order valence-electron chi connectivity index (χ2n) is 4.36. The lowest BCUT2D eigenvalue weighted by Gasteiger charge is -2.01. The summed E-state index contributed by atoms with van der Waals surface area (Å²) in [7, 11) is 0. The standard InChI is InChI=1S/C16H13N3O.ClH/c20-16-18-14-9-8-13(11-15(14)19-16)17-10-4-7-12-5-2-1-3-6-12;/h1-3,5-6,8-9,11,17H,10H2,(H2,18,19,20);1H. The van der Waals surface area contributed by atoms with Crippen molar-refractivity contribution in [2.45, 2.75) is 0 Å². The Labute approximate surface area is 128 Å². The predicted octanol–water partition coefficient (Wildman–Crippen LogP) is 2.74. The number of anilines is 1. The zero-order chi connectivity index (χ0) is 13.8. The van der Waals surface area contributed by atoms with E-state index >= 15 is 0 Å². The third kappa shape index (κ3) is 3.68. The maximum atomic E-state index is 11.2. The summed E-state index contributed by atoms with van der Waals surface area (Å²) in [5.74, 6) is 6.14. The molecule has 5 heteroatoms. The van der Waals surface area contributed by atoms with Crippen molar-refractivity contribution >= 4 is 29.1 Å². The van der Waals surface area contributed by atoms with Crippen molar-refractivity contribution in [3.63, 3.8) is 0 Å². The van der Waals surface area contributed by atoms with Crippen LogP contribution in [0.5, 0.6) is 0 Å². The first-order valence-corrected chi connectivity index (χ1v) is 6.31. The molecule has 1 aromatic heterocycles. The Hall–Kier alpha value is -2.64. The second kappa shape index (κ2) is 6.69. The molecule has 3 rings (SSSR count). The van der Waals surface area contributed by atoms with Gasteiger partial charge in [0.1, 0.15) is 0 Å². The first kappa shape index (κ1) is 14.8. The van der Waals surface area contributed by atoms with E-state index in [1.165, 1.54) is 0 Å². The Bertz CT molecular complexity index is 840. The number of fused-ring (bicyclic) bond motifs is 1. The molecule has 0 unspecified atom stereocenters. The van der Waals surface area contributed by atoms with E-state index in [1.54, 1.807) is 0 Å². The molecule has 0 atom stereocenters. The van der Waals surface area contributed by atoms with Gasteiger partial charge in [0.25, 0.3) is 0 Å². The van der Waals surface area contributed by atoms with E-state index in [0.29, 0.717) is 6.54 Å². The van der Waals surface area contributed by atoms with Crippen LogP contribution >= 0.6 is 12.4 Å². The van der Waals surface area contributed by atoms with E-state index in [2.05, 4.69) is 27.1 Å². The topological polar surface area (TPSA) is 60.7 Å². The predicted molar refractivity (Wildman–Crippen MR) is 88.0 cm³/mol. The zero-order valence-electron chi connectivity index (χ0n) is 11.1. The van der Waals surface area contributed by atoms with Crippen molar-refractivity contribution in [3.8, 4) is 11.8 Å². The molecule has 1 heterocycles. The van der Waals surface area contributed by atoms with Crippen LogP contribution in [0.4, 0.5) is 5.69 Å². The van der Waals surface area contributed by atoms with Gasteiger partial charge in [0.2, 0.25) is 0 Å². The fourth-order valence-electron chi connectivity index (χ4n) is 1.96. The summed E-state index contributed by atoms with van der Waals surface area (Å²) in [6.07, 6.45) is 0. The van der Waals surface area contributed by atoms with Crippen LogP contribution in [0.15, 0.2) is 53.3 Å². The highest BCUT2D eigenvalue weighted by molar-refractivity contribution is 5.85. The van der Waals surface area contributed by atoms with Gasteiger partial charge in [0.05, 0.1) is 17.6 Å². The number of H-pyrrole nitrogens is 2. The normalized spacial score (nSPS) is 9.52. The molecule has 0 amide bonds. The van der Waals surface area contributed by atoms with E-state index in [9.17, 15) is 4.79 Å². The lowest BCUT2D eigenvalue weighted by molar-refractivity contribution is 1.21. The number of benzene rings is 2. The number of halogens is 1. The molecule has 0 aliphatic carbocycles. The van der Waals surface area contributed by atoms with E-state index in [0.717, 1.165) is 22.3 Å². The molecule has 0 fully saturated rings. The average Bonchev–Trinajstić information content (AvgIpc) is 2.84. The van der Waals surface area contributed by atoms with Gasteiger partial charge in [0.15, 0.2) is 0 Å². The maximum Gasteiger partial charge on any atom is 0.323 e. The Morgan fingerprint density at radius 1 is 1.00 bits per heavy atom. The molecule has 0 aliphatic heterocycles. The van der Waals surface area contributed by atoms with Crippen LogP contribution < -0.4 is 11.0 Å². The third-order valence-electron chi connectivity index (χ3n) is 2.90. The van der Waals surface area contributed by atoms with E-state index < -0.39 is 0 Å². The highest BCUT2D eigenvalue weighted by atomic mass is 35.5. The van der Waals surface area contributed by atoms with Gasteiger partial charge in [-0.05, 0) is 30.3 Å². The summed E-state index contributed by atoms with van der Waals surface area (Å²) in [4.78, 5) is 16.6. The summed E-state index contributed by atoms with van der Waals surface area (Å²) in [5.41, 5.74) is 3.32. The van der Waals surface area contributed by atoms with Crippen LogP contribution in [0.2, 0.25) is 0 Å². The van der Waals surface area contributed by atoms with Gasteiger partial charge in [-0.2, -0.15) is 0 Å². The lowest BCUT2D eigenvalue weighted by Crippen LogP contribution is -1.99. The van der Waals surface area contributed by atoms with E-state index in [-0.39, 0.29) is 18.1 Å². The highest BCUT2D eigenvalue weighted by Gasteiger charge is 1.98. The van der Waals surface area contributed by atoms with Gasteiger partial charge in [-0.25, -0.2) is 4.79 Å². The SMILES string of the molecule is Cl.O=c1[nH]c2ccc(NCC#Cc3ccccc3)cc2[nH]1. The molecule has 0 saturated heterocycles. The van der Waals surface area contributed by atoms with Crippen LogP contribution in [0.1, 0.15) is 5.56 Å². The summed E-state index contributed by atoms with van der Waals surface area (Å²) < 4.78 is 0. The minimum absolute atomic E-state index is 0. The van der Waals surface area contributed by atoms with Gasteiger partial charge >= 0.3 is 5.69 Å². The van der Waals surface area contributed by atoms with Crippen LogP contribution in [0, 0.1) is 11.8 Å². The Morgan fingerprint density at radius 3 is 2.57 bits per heavy atom. The molecule has 21 heavy (non-hydrogen) atoms. The smallest absolute Gasteiger partial charge is 0.323 e. The van der Waals surface area contributed by atoms with Gasteiger partial charge in [0, 0.05) is 11.3 Å². The molecule has 0 spiro atoms. The van der Waals surface area contributed by atoms with Gasteiger partial charge in [-0.1, -0.05) is 30.0 Å².